The largest absolute Gasteiger partial charge is 0.467 e. The van der Waals surface area contributed by atoms with Crippen molar-refractivity contribution in [1.29, 1.82) is 0 Å². The highest BCUT2D eigenvalue weighted by Gasteiger charge is 2.31. The molecule has 0 bridgehead atoms. The second-order valence-electron chi connectivity index (χ2n) is 7.09. The monoisotopic (exact) mass is 420 g/mol. The van der Waals surface area contributed by atoms with Gasteiger partial charge in [-0.05, 0) is 42.8 Å². The van der Waals surface area contributed by atoms with Crippen LogP contribution >= 0.6 is 11.3 Å². The molecule has 0 N–H and O–H groups in total. The first-order valence-corrected chi connectivity index (χ1v) is 10.1. The van der Waals surface area contributed by atoms with Crippen molar-refractivity contribution < 1.29 is 22.7 Å². The molecule has 0 radical (unpaired) electrons. The molecule has 1 amide bonds. The zero-order chi connectivity index (χ0) is 20.6. The van der Waals surface area contributed by atoms with E-state index in [0.29, 0.717) is 31.1 Å². The molecule has 1 aliphatic heterocycles. The van der Waals surface area contributed by atoms with E-state index in [1.807, 2.05) is 25.1 Å². The number of likely N-dealkylation sites (tertiary alicyclic amines) is 1. The molecule has 1 fully saturated rings. The highest BCUT2D eigenvalue weighted by Crippen LogP contribution is 2.32. The van der Waals surface area contributed by atoms with Crippen LogP contribution in [0.5, 0.6) is 5.19 Å². The van der Waals surface area contributed by atoms with Crippen molar-refractivity contribution in [1.82, 2.24) is 9.88 Å². The van der Waals surface area contributed by atoms with E-state index in [-0.39, 0.29) is 17.6 Å². The van der Waals surface area contributed by atoms with Crippen molar-refractivity contribution in [3.63, 3.8) is 0 Å². The number of piperidine rings is 1. The van der Waals surface area contributed by atoms with E-state index in [1.54, 1.807) is 4.90 Å². The molecule has 1 saturated heterocycles. The quantitative estimate of drug-likeness (QED) is 0.577. The number of hydrogen-bond acceptors (Lipinski definition) is 4. The molecule has 0 unspecified atom stereocenters. The summed E-state index contributed by atoms with van der Waals surface area (Å²) in [6.07, 6.45) is -3.13. The highest BCUT2D eigenvalue weighted by atomic mass is 32.1. The Kier molecular flexibility index (Phi) is 5.21. The fraction of sp³-hybridized carbons (Fsp3) is 0.333. The average Bonchev–Trinajstić information content (AvgIpc) is 3.11. The minimum atomic E-state index is -4.41. The molecule has 3 aromatic rings. The first-order valence-electron chi connectivity index (χ1n) is 9.30. The molecule has 4 rings (SSSR count). The summed E-state index contributed by atoms with van der Waals surface area (Å²) < 4.78 is 45.1. The Morgan fingerprint density at radius 1 is 1.14 bits per heavy atom. The topological polar surface area (TPSA) is 42.4 Å². The van der Waals surface area contributed by atoms with Gasteiger partial charge in [0.25, 0.3) is 11.1 Å². The first kappa shape index (κ1) is 19.7. The summed E-state index contributed by atoms with van der Waals surface area (Å²) in [5, 5.41) is 0.627. The maximum atomic E-state index is 12.7. The standard InChI is InChI=1S/C21H19F3N2O2S/c1-13-3-2-4-17-18(13)25-20(29-17)28-16-9-11-26(12-10-16)19(27)14-5-7-15(8-6-14)21(22,23)24/h2-8,16H,9-12H2,1H3. The molecule has 29 heavy (non-hydrogen) atoms. The lowest BCUT2D eigenvalue weighted by Gasteiger charge is -2.31. The van der Waals surface area contributed by atoms with Gasteiger partial charge in [0.1, 0.15) is 6.10 Å². The Labute approximate surface area is 169 Å². The molecule has 0 saturated carbocycles. The molecule has 8 heteroatoms. The van der Waals surface area contributed by atoms with E-state index < -0.39 is 11.7 Å². The molecule has 4 nitrogen and oxygen atoms in total. The van der Waals surface area contributed by atoms with E-state index in [4.69, 9.17) is 4.74 Å². The van der Waals surface area contributed by atoms with Gasteiger partial charge in [0.05, 0.1) is 15.8 Å². The molecule has 0 spiro atoms. The second kappa shape index (κ2) is 7.67. The smallest absolute Gasteiger partial charge is 0.416 e. The number of halogens is 3. The van der Waals surface area contributed by atoms with Crippen molar-refractivity contribution in [2.75, 3.05) is 13.1 Å². The Morgan fingerprint density at radius 3 is 2.45 bits per heavy atom. The van der Waals surface area contributed by atoms with Crippen LogP contribution in [0, 0.1) is 6.92 Å². The summed E-state index contributed by atoms with van der Waals surface area (Å²) in [5.74, 6) is -0.257. The van der Waals surface area contributed by atoms with Gasteiger partial charge in [0, 0.05) is 31.5 Å². The lowest BCUT2D eigenvalue weighted by Crippen LogP contribution is -2.41. The van der Waals surface area contributed by atoms with E-state index in [9.17, 15) is 18.0 Å². The zero-order valence-electron chi connectivity index (χ0n) is 15.7. The molecule has 0 atom stereocenters. The van der Waals surface area contributed by atoms with Gasteiger partial charge >= 0.3 is 6.18 Å². The molecular formula is C21H19F3N2O2S. The maximum Gasteiger partial charge on any atom is 0.416 e. The number of aromatic nitrogens is 1. The van der Waals surface area contributed by atoms with E-state index in [1.165, 1.54) is 23.5 Å². The Bertz CT molecular complexity index is 1020. The normalized spacial score (nSPS) is 15.7. The minimum absolute atomic E-state index is 0.0347. The van der Waals surface area contributed by atoms with Gasteiger partial charge in [-0.1, -0.05) is 23.5 Å². The van der Waals surface area contributed by atoms with Crippen LogP contribution in [-0.2, 0) is 6.18 Å². The second-order valence-corrected chi connectivity index (χ2v) is 8.08. The van der Waals surface area contributed by atoms with Gasteiger partial charge in [-0.15, -0.1) is 0 Å². The van der Waals surface area contributed by atoms with Gasteiger partial charge in [0.2, 0.25) is 0 Å². The summed E-state index contributed by atoms with van der Waals surface area (Å²) in [5.41, 5.74) is 1.55. The lowest BCUT2D eigenvalue weighted by molar-refractivity contribution is -0.137. The van der Waals surface area contributed by atoms with Gasteiger partial charge in [-0.25, -0.2) is 4.98 Å². The van der Waals surface area contributed by atoms with E-state index in [0.717, 1.165) is 27.9 Å². The van der Waals surface area contributed by atoms with Gasteiger partial charge in [-0.2, -0.15) is 13.2 Å². The summed E-state index contributed by atoms with van der Waals surface area (Å²) in [7, 11) is 0. The number of alkyl halides is 3. The predicted octanol–water partition coefficient (Wildman–Crippen LogP) is 5.31. The number of carbonyl (C=O) groups excluding carboxylic acids is 1. The number of ether oxygens (including phenoxy) is 1. The molecule has 152 valence electrons. The molecule has 1 aromatic heterocycles. The van der Waals surface area contributed by atoms with Crippen LogP contribution in [0.15, 0.2) is 42.5 Å². The van der Waals surface area contributed by atoms with Crippen molar-refractivity contribution in [3.8, 4) is 5.19 Å². The van der Waals surface area contributed by atoms with Crippen LogP contribution in [0.3, 0.4) is 0 Å². The number of thiazole rings is 1. The SMILES string of the molecule is Cc1cccc2sc(OC3CCN(C(=O)c4ccc(C(F)(F)F)cc4)CC3)nc12. The number of para-hydroxylation sites is 1. The van der Waals surface area contributed by atoms with Gasteiger partial charge < -0.3 is 9.64 Å². The van der Waals surface area contributed by atoms with Crippen LogP contribution in [0.1, 0.15) is 34.3 Å². The molecule has 0 aliphatic carbocycles. The predicted molar refractivity (Wildman–Crippen MR) is 105 cm³/mol. The third-order valence-electron chi connectivity index (χ3n) is 5.06. The van der Waals surface area contributed by atoms with Crippen LogP contribution in [0.25, 0.3) is 10.2 Å². The number of rotatable bonds is 3. The van der Waals surface area contributed by atoms with Crippen LogP contribution in [0.4, 0.5) is 13.2 Å². The van der Waals surface area contributed by atoms with E-state index in [2.05, 4.69) is 4.98 Å². The molecule has 2 heterocycles. The van der Waals surface area contributed by atoms with Crippen LogP contribution in [-0.4, -0.2) is 35.0 Å². The summed E-state index contributed by atoms with van der Waals surface area (Å²) in [6, 6.07) is 10.4. The van der Waals surface area contributed by atoms with Crippen molar-refractivity contribution in [3.05, 3.63) is 59.2 Å². The zero-order valence-corrected chi connectivity index (χ0v) is 16.5. The van der Waals surface area contributed by atoms with Crippen molar-refractivity contribution >= 4 is 27.5 Å². The van der Waals surface area contributed by atoms with Gasteiger partial charge in [-0.3, -0.25) is 4.79 Å². The highest BCUT2D eigenvalue weighted by molar-refractivity contribution is 7.20. The number of carbonyl (C=O) groups is 1. The fourth-order valence-electron chi connectivity index (χ4n) is 3.42. The Morgan fingerprint density at radius 2 is 1.83 bits per heavy atom. The summed E-state index contributed by atoms with van der Waals surface area (Å²) in [6.45, 7) is 3.00. The third-order valence-corrected chi connectivity index (χ3v) is 5.97. The number of aryl methyl sites for hydroxylation is 1. The third kappa shape index (κ3) is 4.22. The fourth-order valence-corrected chi connectivity index (χ4v) is 4.38. The van der Waals surface area contributed by atoms with Gasteiger partial charge in [0.15, 0.2) is 0 Å². The summed E-state index contributed by atoms with van der Waals surface area (Å²) in [4.78, 5) is 18.8. The Balaban J connectivity index is 1.36. The number of nitrogens with zero attached hydrogens (tertiary/aromatic N) is 2. The van der Waals surface area contributed by atoms with E-state index >= 15 is 0 Å². The number of fused-ring (bicyclic) bond motifs is 1. The number of benzene rings is 2. The first-order chi connectivity index (χ1) is 13.8. The molecule has 2 aromatic carbocycles. The minimum Gasteiger partial charge on any atom is -0.467 e. The number of hydrogen-bond donors (Lipinski definition) is 0. The Hall–Kier alpha value is -2.61. The van der Waals surface area contributed by atoms with Crippen LogP contribution in [0.2, 0.25) is 0 Å². The molecule has 1 aliphatic rings. The molecular weight excluding hydrogens is 401 g/mol. The van der Waals surface area contributed by atoms with Crippen LogP contribution < -0.4 is 4.74 Å². The lowest BCUT2D eigenvalue weighted by atomic mass is 10.1. The summed E-state index contributed by atoms with van der Waals surface area (Å²) >= 11 is 1.51. The average molecular weight is 420 g/mol. The van der Waals surface area contributed by atoms with Crippen molar-refractivity contribution in [2.45, 2.75) is 32.0 Å². The van der Waals surface area contributed by atoms with Crippen molar-refractivity contribution in [2.24, 2.45) is 0 Å². The maximum absolute atomic E-state index is 12.7. The number of amides is 1.